The molecule has 0 aliphatic carbocycles. The highest BCUT2D eigenvalue weighted by Gasteiger charge is 2.16. The molecule has 0 saturated carbocycles. The Hall–Kier alpha value is 0.430. The van der Waals surface area contributed by atoms with E-state index in [1.807, 2.05) is 6.92 Å². The summed E-state index contributed by atoms with van der Waals surface area (Å²) in [7, 11) is 1.64. The molecule has 0 aliphatic rings. The molecule has 6 heteroatoms. The molecule has 13 heavy (non-hydrogen) atoms. The Bertz CT molecular complexity index is 209. The van der Waals surface area contributed by atoms with Gasteiger partial charge in [0, 0.05) is 18.9 Å². The number of nitrogens with one attached hydrogen (secondary N) is 1. The zero-order valence-electron chi connectivity index (χ0n) is 8.48. The summed E-state index contributed by atoms with van der Waals surface area (Å²) in [5.41, 5.74) is -1.94. The van der Waals surface area contributed by atoms with Gasteiger partial charge in [0.15, 0.2) is 0 Å². The smallest absolute Gasteiger partial charge is 0.211 e. The fraction of sp³-hybridized carbons (Fsp3) is 0.857. The van der Waals surface area contributed by atoms with Crippen LogP contribution in [0.2, 0.25) is 0 Å². The molecule has 0 spiro atoms. The molecule has 0 bridgehead atoms. The normalized spacial score (nSPS) is 16.4. The molecule has 1 atom stereocenters. The summed E-state index contributed by atoms with van der Waals surface area (Å²) in [6.45, 7) is 6.94. The number of rotatable bonds is 6. The van der Waals surface area contributed by atoms with E-state index < -0.39 is 5.62 Å². The molecule has 0 saturated heterocycles. The molecule has 0 fully saturated rings. The molecule has 0 aromatic carbocycles. The highest BCUT2D eigenvalue weighted by Crippen LogP contribution is 2.56. The van der Waals surface area contributed by atoms with Crippen molar-refractivity contribution in [1.29, 1.82) is 0 Å². The Morgan fingerprint density at radius 1 is 1.69 bits per heavy atom. The van der Waals surface area contributed by atoms with Crippen LogP contribution in [0.4, 0.5) is 0 Å². The van der Waals surface area contributed by atoms with Crippen molar-refractivity contribution in [2.24, 2.45) is 4.99 Å². The number of nitrogens with zero attached hydrogens (tertiary/aromatic N) is 1. The van der Waals surface area contributed by atoms with Gasteiger partial charge in [0.2, 0.25) is 5.62 Å². The van der Waals surface area contributed by atoms with E-state index in [9.17, 15) is 0 Å². The first-order chi connectivity index (χ1) is 6.04. The zero-order valence-corrected chi connectivity index (χ0v) is 11.0. The Morgan fingerprint density at radius 2 is 2.31 bits per heavy atom. The SMILES string of the molecule is CCN=CNP(=S)(OC)SC(C)C. The number of hydrogen-bond acceptors (Lipinski definition) is 4. The Labute approximate surface area is 89.6 Å². The van der Waals surface area contributed by atoms with E-state index in [0.717, 1.165) is 6.54 Å². The second kappa shape index (κ2) is 6.82. The monoisotopic (exact) mass is 240 g/mol. The Kier molecular flexibility index (Phi) is 7.05. The summed E-state index contributed by atoms with van der Waals surface area (Å²) in [6.07, 6.45) is 1.65. The van der Waals surface area contributed by atoms with Crippen LogP contribution >= 0.6 is 17.0 Å². The predicted octanol–water partition coefficient (Wildman–Crippen LogP) is 2.64. The molecule has 0 rings (SSSR count). The second-order valence-corrected chi connectivity index (χ2v) is 9.77. The molecule has 1 unspecified atom stereocenters. The maximum atomic E-state index is 5.34. The lowest BCUT2D eigenvalue weighted by atomic mass is 10.6. The van der Waals surface area contributed by atoms with E-state index >= 15 is 0 Å². The Morgan fingerprint density at radius 3 is 2.69 bits per heavy atom. The average molecular weight is 240 g/mol. The summed E-state index contributed by atoms with van der Waals surface area (Å²) in [6, 6.07) is 0. The van der Waals surface area contributed by atoms with Gasteiger partial charge in [0.1, 0.15) is 0 Å². The third-order valence-electron chi connectivity index (χ3n) is 1.08. The van der Waals surface area contributed by atoms with Crippen molar-refractivity contribution in [3.63, 3.8) is 0 Å². The van der Waals surface area contributed by atoms with Gasteiger partial charge >= 0.3 is 0 Å². The first-order valence-corrected chi connectivity index (χ1v) is 8.35. The maximum Gasteiger partial charge on any atom is 0.211 e. The Balaban J connectivity index is 4.12. The molecule has 0 aromatic heterocycles. The van der Waals surface area contributed by atoms with E-state index in [0.29, 0.717) is 5.25 Å². The average Bonchev–Trinajstić information content (AvgIpc) is 2.04. The minimum absolute atomic E-state index is 0.466. The summed E-state index contributed by atoms with van der Waals surface area (Å²) in [5, 5.41) is 3.52. The quantitative estimate of drug-likeness (QED) is 0.439. The van der Waals surface area contributed by atoms with Crippen LogP contribution < -0.4 is 5.09 Å². The van der Waals surface area contributed by atoms with Crippen molar-refractivity contribution in [2.75, 3.05) is 13.7 Å². The van der Waals surface area contributed by atoms with E-state index in [1.54, 1.807) is 24.8 Å². The second-order valence-electron chi connectivity index (χ2n) is 2.59. The van der Waals surface area contributed by atoms with Crippen LogP contribution in [0.15, 0.2) is 4.99 Å². The van der Waals surface area contributed by atoms with Gasteiger partial charge in [0.25, 0.3) is 0 Å². The maximum absolute atomic E-state index is 5.34. The topological polar surface area (TPSA) is 33.6 Å². The van der Waals surface area contributed by atoms with Gasteiger partial charge in [-0.15, -0.1) is 0 Å². The molecular formula is C7H17N2OPS2. The zero-order chi connectivity index (χ0) is 10.3. The highest BCUT2D eigenvalue weighted by molar-refractivity contribution is 8.69. The molecule has 0 amide bonds. The van der Waals surface area contributed by atoms with Crippen molar-refractivity contribution in [3.8, 4) is 0 Å². The molecule has 0 heterocycles. The molecule has 3 nitrogen and oxygen atoms in total. The first-order valence-electron chi connectivity index (χ1n) is 4.14. The van der Waals surface area contributed by atoms with Gasteiger partial charge in [0.05, 0.1) is 6.34 Å². The van der Waals surface area contributed by atoms with Gasteiger partial charge in [-0.25, -0.2) is 0 Å². The van der Waals surface area contributed by atoms with Crippen LogP contribution in [0.1, 0.15) is 20.8 Å². The van der Waals surface area contributed by atoms with Crippen LogP contribution in [-0.4, -0.2) is 25.2 Å². The van der Waals surface area contributed by atoms with Gasteiger partial charge in [-0.05, 0) is 18.7 Å². The van der Waals surface area contributed by atoms with Crippen molar-refractivity contribution in [1.82, 2.24) is 5.09 Å². The van der Waals surface area contributed by atoms with Gasteiger partial charge in [-0.2, -0.15) is 0 Å². The van der Waals surface area contributed by atoms with Crippen molar-refractivity contribution < 1.29 is 4.52 Å². The lowest BCUT2D eigenvalue weighted by molar-refractivity contribution is 0.467. The van der Waals surface area contributed by atoms with E-state index in [4.69, 9.17) is 16.3 Å². The number of hydrogen-bond donors (Lipinski definition) is 1. The summed E-state index contributed by atoms with van der Waals surface area (Å²) in [4.78, 5) is 4.04. The lowest BCUT2D eigenvalue weighted by Gasteiger charge is -2.20. The van der Waals surface area contributed by atoms with Crippen LogP contribution in [0.25, 0.3) is 0 Å². The molecular weight excluding hydrogens is 223 g/mol. The molecule has 1 N–H and O–H groups in total. The standard InChI is InChI=1S/C7H17N2OPS2/c1-5-8-6-9-11(12,10-4)13-7(2)3/h6-7H,5H2,1-4H3,(H,8,9,12). The van der Waals surface area contributed by atoms with Crippen molar-refractivity contribution >= 4 is 35.1 Å². The largest absolute Gasteiger partial charge is 0.330 e. The minimum atomic E-state index is -1.94. The fourth-order valence-corrected chi connectivity index (χ4v) is 5.58. The summed E-state index contributed by atoms with van der Waals surface area (Å²) in [5.74, 6) is 0. The predicted molar refractivity (Wildman–Crippen MR) is 66.2 cm³/mol. The van der Waals surface area contributed by atoms with Crippen LogP contribution in [-0.2, 0) is 16.3 Å². The van der Waals surface area contributed by atoms with Crippen molar-refractivity contribution in [3.05, 3.63) is 0 Å². The highest BCUT2D eigenvalue weighted by atomic mass is 32.9. The summed E-state index contributed by atoms with van der Waals surface area (Å²) >= 11 is 7.00. The third kappa shape index (κ3) is 6.49. The van der Waals surface area contributed by atoms with Gasteiger partial charge in [-0.3, -0.25) is 4.99 Å². The van der Waals surface area contributed by atoms with Crippen LogP contribution in [0, 0.1) is 0 Å². The minimum Gasteiger partial charge on any atom is -0.330 e. The van der Waals surface area contributed by atoms with E-state index in [-0.39, 0.29) is 0 Å². The number of aliphatic imine (C=N–C) groups is 1. The van der Waals surface area contributed by atoms with Crippen LogP contribution in [0.5, 0.6) is 0 Å². The lowest BCUT2D eigenvalue weighted by Crippen LogP contribution is -2.08. The van der Waals surface area contributed by atoms with E-state index in [2.05, 4.69) is 23.9 Å². The first kappa shape index (κ1) is 13.4. The van der Waals surface area contributed by atoms with Crippen molar-refractivity contribution in [2.45, 2.75) is 26.0 Å². The molecule has 0 radical (unpaired) electrons. The van der Waals surface area contributed by atoms with E-state index in [1.165, 1.54) is 0 Å². The molecule has 0 aliphatic heterocycles. The molecule has 0 aromatic rings. The van der Waals surface area contributed by atoms with Crippen LogP contribution in [0.3, 0.4) is 0 Å². The van der Waals surface area contributed by atoms with Gasteiger partial charge < -0.3 is 9.61 Å². The third-order valence-corrected chi connectivity index (χ3v) is 7.09. The fourth-order valence-electron chi connectivity index (χ4n) is 0.607. The van der Waals surface area contributed by atoms with Gasteiger partial charge in [-0.1, -0.05) is 25.2 Å². The molecule has 78 valence electrons. The summed E-state index contributed by atoms with van der Waals surface area (Å²) < 4.78 is 5.28.